The second-order valence-electron chi connectivity index (χ2n) is 7.18. The van der Waals surface area contributed by atoms with E-state index < -0.39 is 0 Å². The molecule has 1 aromatic carbocycles. The van der Waals surface area contributed by atoms with Crippen LogP contribution in [0.3, 0.4) is 0 Å². The van der Waals surface area contributed by atoms with E-state index in [0.717, 1.165) is 50.4 Å². The number of fused-ring (bicyclic) bond motifs is 1. The maximum Gasteiger partial charge on any atom is 0.236 e. The Morgan fingerprint density at radius 2 is 1.96 bits per heavy atom. The first kappa shape index (κ1) is 15.6. The number of imidazole rings is 1. The van der Waals surface area contributed by atoms with Crippen molar-refractivity contribution in [2.75, 3.05) is 32.7 Å². The quantitative estimate of drug-likeness (QED) is 0.869. The number of para-hydroxylation sites is 2. The lowest BCUT2D eigenvalue weighted by molar-refractivity contribution is -0.133. The van der Waals surface area contributed by atoms with E-state index in [-0.39, 0.29) is 0 Å². The number of carbonyl (C=O) groups excluding carboxylic acids is 1. The molecule has 1 atom stereocenters. The van der Waals surface area contributed by atoms with Crippen molar-refractivity contribution in [1.82, 2.24) is 19.4 Å². The summed E-state index contributed by atoms with van der Waals surface area (Å²) >= 11 is 0. The van der Waals surface area contributed by atoms with Crippen LogP contribution in [-0.4, -0.2) is 58.0 Å². The highest BCUT2D eigenvalue weighted by atomic mass is 16.2. The summed E-state index contributed by atoms with van der Waals surface area (Å²) in [4.78, 5) is 21.8. The van der Waals surface area contributed by atoms with Gasteiger partial charge in [0, 0.05) is 26.1 Å². The standard InChI is InChI=1S/C19H26N4O/c1-21-17-9-3-2-8-16(17)20-19(21)15-7-6-12-23(13-15)18(24)14-22-10-4-5-11-22/h2-3,8-9,15H,4-7,10-14H2,1H3/t15-/m0/s1. The van der Waals surface area contributed by atoms with Crippen molar-refractivity contribution in [2.45, 2.75) is 31.6 Å². The van der Waals surface area contributed by atoms with Gasteiger partial charge in [0.1, 0.15) is 5.82 Å². The molecular formula is C19H26N4O. The Morgan fingerprint density at radius 1 is 1.17 bits per heavy atom. The third kappa shape index (κ3) is 2.93. The number of carbonyl (C=O) groups is 1. The molecule has 5 nitrogen and oxygen atoms in total. The van der Waals surface area contributed by atoms with Crippen molar-refractivity contribution in [3.63, 3.8) is 0 Å². The van der Waals surface area contributed by atoms with Gasteiger partial charge >= 0.3 is 0 Å². The Balaban J connectivity index is 1.49. The lowest BCUT2D eigenvalue weighted by atomic mass is 9.97. The highest BCUT2D eigenvalue weighted by Crippen LogP contribution is 2.28. The molecule has 0 spiro atoms. The summed E-state index contributed by atoms with van der Waals surface area (Å²) in [6, 6.07) is 8.27. The Labute approximate surface area is 143 Å². The van der Waals surface area contributed by atoms with Gasteiger partial charge in [-0.25, -0.2) is 4.98 Å². The largest absolute Gasteiger partial charge is 0.341 e. The summed E-state index contributed by atoms with van der Waals surface area (Å²) in [6.45, 7) is 4.45. The summed E-state index contributed by atoms with van der Waals surface area (Å²) < 4.78 is 2.20. The summed E-state index contributed by atoms with van der Waals surface area (Å²) in [5.74, 6) is 1.76. The number of benzene rings is 1. The van der Waals surface area contributed by atoms with Crippen molar-refractivity contribution < 1.29 is 4.79 Å². The molecule has 0 saturated carbocycles. The molecule has 2 aromatic rings. The summed E-state index contributed by atoms with van der Waals surface area (Å²) in [5.41, 5.74) is 2.23. The van der Waals surface area contributed by atoms with Crippen LogP contribution in [0.25, 0.3) is 11.0 Å². The van der Waals surface area contributed by atoms with Gasteiger partial charge < -0.3 is 9.47 Å². The SMILES string of the molecule is Cn1c([C@H]2CCCN(C(=O)CN3CCCC3)C2)nc2ccccc21. The van der Waals surface area contributed by atoms with Gasteiger partial charge in [-0.15, -0.1) is 0 Å². The number of likely N-dealkylation sites (tertiary alicyclic amines) is 2. The average Bonchev–Trinajstić information content (AvgIpc) is 3.23. The molecule has 5 heteroatoms. The summed E-state index contributed by atoms with van der Waals surface area (Å²) in [6.07, 6.45) is 4.65. The predicted octanol–water partition coefficient (Wildman–Crippen LogP) is 2.38. The number of nitrogens with zero attached hydrogens (tertiary/aromatic N) is 4. The van der Waals surface area contributed by atoms with Gasteiger partial charge in [-0.1, -0.05) is 12.1 Å². The van der Waals surface area contributed by atoms with Crippen molar-refractivity contribution in [1.29, 1.82) is 0 Å². The van der Waals surface area contributed by atoms with Crippen LogP contribution in [0.4, 0.5) is 0 Å². The molecular weight excluding hydrogens is 300 g/mol. The minimum atomic E-state index is 0.292. The van der Waals surface area contributed by atoms with Crippen LogP contribution in [0.5, 0.6) is 0 Å². The molecule has 2 aliphatic rings. The minimum Gasteiger partial charge on any atom is -0.341 e. The molecule has 0 unspecified atom stereocenters. The van der Waals surface area contributed by atoms with E-state index >= 15 is 0 Å². The van der Waals surface area contributed by atoms with Crippen molar-refractivity contribution in [3.8, 4) is 0 Å². The first-order valence-corrected chi connectivity index (χ1v) is 9.14. The molecule has 2 aliphatic heterocycles. The number of rotatable bonds is 3. The lowest BCUT2D eigenvalue weighted by Crippen LogP contribution is -2.44. The molecule has 1 amide bonds. The molecule has 0 aliphatic carbocycles. The number of piperidine rings is 1. The van der Waals surface area contributed by atoms with Gasteiger partial charge in [0.2, 0.25) is 5.91 Å². The fraction of sp³-hybridized carbons (Fsp3) is 0.579. The van der Waals surface area contributed by atoms with Crippen LogP contribution in [0, 0.1) is 0 Å². The van der Waals surface area contributed by atoms with Crippen molar-refractivity contribution in [3.05, 3.63) is 30.1 Å². The van der Waals surface area contributed by atoms with E-state index in [4.69, 9.17) is 4.98 Å². The van der Waals surface area contributed by atoms with E-state index in [0.29, 0.717) is 18.4 Å². The predicted molar refractivity (Wildman–Crippen MR) is 94.9 cm³/mol. The molecule has 0 N–H and O–H groups in total. The smallest absolute Gasteiger partial charge is 0.236 e. The van der Waals surface area contributed by atoms with E-state index in [1.54, 1.807) is 0 Å². The number of hydrogen-bond donors (Lipinski definition) is 0. The van der Waals surface area contributed by atoms with E-state index in [9.17, 15) is 4.79 Å². The van der Waals surface area contributed by atoms with Crippen molar-refractivity contribution in [2.24, 2.45) is 7.05 Å². The second kappa shape index (κ2) is 6.55. The Hall–Kier alpha value is -1.88. The molecule has 24 heavy (non-hydrogen) atoms. The Bertz CT molecular complexity index is 732. The number of aromatic nitrogens is 2. The Kier molecular flexibility index (Phi) is 4.27. The fourth-order valence-electron chi connectivity index (χ4n) is 4.18. The lowest BCUT2D eigenvalue weighted by Gasteiger charge is -2.33. The maximum absolute atomic E-state index is 12.6. The maximum atomic E-state index is 12.6. The zero-order valence-electron chi connectivity index (χ0n) is 14.4. The molecule has 0 bridgehead atoms. The molecule has 2 fully saturated rings. The first-order chi connectivity index (χ1) is 11.7. The van der Waals surface area contributed by atoms with Crippen LogP contribution in [0.2, 0.25) is 0 Å². The van der Waals surface area contributed by atoms with Gasteiger partial charge in [0.15, 0.2) is 0 Å². The van der Waals surface area contributed by atoms with Crippen LogP contribution < -0.4 is 0 Å². The summed E-state index contributed by atoms with van der Waals surface area (Å²) in [7, 11) is 2.09. The van der Waals surface area contributed by atoms with Crippen LogP contribution in [0.1, 0.15) is 37.4 Å². The highest BCUT2D eigenvalue weighted by molar-refractivity contribution is 5.79. The number of amides is 1. The molecule has 4 rings (SSSR count). The van der Waals surface area contributed by atoms with Crippen molar-refractivity contribution >= 4 is 16.9 Å². The monoisotopic (exact) mass is 326 g/mol. The molecule has 128 valence electrons. The normalized spacial score (nSPS) is 22.4. The number of hydrogen-bond acceptors (Lipinski definition) is 3. The zero-order chi connectivity index (χ0) is 16.5. The van der Waals surface area contributed by atoms with Gasteiger partial charge in [-0.3, -0.25) is 9.69 Å². The van der Waals surface area contributed by atoms with Gasteiger partial charge in [0.05, 0.1) is 17.6 Å². The first-order valence-electron chi connectivity index (χ1n) is 9.14. The third-order valence-corrected chi connectivity index (χ3v) is 5.52. The second-order valence-corrected chi connectivity index (χ2v) is 7.18. The topological polar surface area (TPSA) is 41.4 Å². The number of aryl methyl sites for hydroxylation is 1. The van der Waals surface area contributed by atoms with Gasteiger partial charge in [-0.2, -0.15) is 0 Å². The van der Waals surface area contributed by atoms with E-state index in [1.807, 2.05) is 6.07 Å². The van der Waals surface area contributed by atoms with E-state index in [2.05, 4.69) is 39.6 Å². The highest BCUT2D eigenvalue weighted by Gasteiger charge is 2.29. The average molecular weight is 326 g/mol. The van der Waals surface area contributed by atoms with Gasteiger partial charge in [0.25, 0.3) is 0 Å². The Morgan fingerprint density at radius 3 is 2.75 bits per heavy atom. The minimum absolute atomic E-state index is 0.292. The molecule has 2 saturated heterocycles. The molecule has 0 radical (unpaired) electrons. The van der Waals surface area contributed by atoms with Gasteiger partial charge in [-0.05, 0) is 50.9 Å². The van der Waals surface area contributed by atoms with Crippen LogP contribution in [0.15, 0.2) is 24.3 Å². The zero-order valence-corrected chi connectivity index (χ0v) is 14.4. The van der Waals surface area contributed by atoms with Crippen LogP contribution >= 0.6 is 0 Å². The fourth-order valence-corrected chi connectivity index (χ4v) is 4.18. The molecule has 1 aromatic heterocycles. The molecule has 3 heterocycles. The third-order valence-electron chi connectivity index (χ3n) is 5.52. The summed E-state index contributed by atoms with van der Waals surface area (Å²) in [5, 5.41) is 0. The van der Waals surface area contributed by atoms with Crippen LogP contribution in [-0.2, 0) is 11.8 Å². The van der Waals surface area contributed by atoms with E-state index in [1.165, 1.54) is 18.4 Å².